The lowest BCUT2D eigenvalue weighted by molar-refractivity contribution is -0.122. The molecule has 0 aliphatic heterocycles. The van der Waals surface area contributed by atoms with Crippen molar-refractivity contribution in [1.82, 2.24) is 10.2 Å². The van der Waals surface area contributed by atoms with E-state index in [2.05, 4.69) is 15.5 Å². The predicted molar refractivity (Wildman–Crippen MR) is 82.9 cm³/mol. The molecule has 0 radical (unpaired) electrons. The molecule has 0 spiro atoms. The van der Waals surface area contributed by atoms with Gasteiger partial charge in [-0.05, 0) is 44.0 Å². The fourth-order valence-electron chi connectivity index (χ4n) is 1.82. The summed E-state index contributed by atoms with van der Waals surface area (Å²) in [4.78, 5) is 12.1. The number of hydrogen-bond donors (Lipinski definition) is 2. The highest BCUT2D eigenvalue weighted by Gasteiger charge is 2.17. The number of rotatable bonds is 5. The van der Waals surface area contributed by atoms with Crippen molar-refractivity contribution in [1.29, 1.82) is 0 Å². The topological polar surface area (TPSA) is 67.0 Å². The second-order valence-electron chi connectivity index (χ2n) is 4.79. The van der Waals surface area contributed by atoms with Crippen LogP contribution in [0.3, 0.4) is 0 Å². The summed E-state index contributed by atoms with van der Waals surface area (Å²) in [5.74, 6) is 0.886. The van der Waals surface area contributed by atoms with Gasteiger partial charge in [-0.1, -0.05) is 18.5 Å². The summed E-state index contributed by atoms with van der Waals surface area (Å²) in [6.45, 7) is 5.58. The number of carbonyl (C=O) groups is 1. The molecule has 0 saturated carbocycles. The number of benzene rings is 1. The van der Waals surface area contributed by atoms with Crippen molar-refractivity contribution >= 4 is 23.3 Å². The third kappa shape index (κ3) is 3.98. The molecular formula is C15H18ClN3O2. The van der Waals surface area contributed by atoms with Crippen LogP contribution in [0, 0.1) is 6.92 Å². The van der Waals surface area contributed by atoms with Crippen molar-refractivity contribution in [2.24, 2.45) is 0 Å². The number of aryl methyl sites for hydroxylation is 2. The van der Waals surface area contributed by atoms with Gasteiger partial charge in [-0.2, -0.15) is 5.10 Å². The van der Waals surface area contributed by atoms with E-state index < -0.39 is 6.10 Å². The molecule has 2 rings (SSSR count). The SMILES string of the molecule is CCc1cc(NC(=O)C(C)Oc2ccc(Cl)cc2C)n[nH]1. The van der Waals surface area contributed by atoms with Crippen LogP contribution in [0.1, 0.15) is 25.1 Å². The molecule has 1 unspecified atom stereocenters. The van der Waals surface area contributed by atoms with E-state index in [9.17, 15) is 4.79 Å². The molecule has 1 heterocycles. The Balaban J connectivity index is 1.98. The second kappa shape index (κ2) is 6.63. The molecule has 1 atom stereocenters. The van der Waals surface area contributed by atoms with Crippen molar-refractivity contribution in [3.63, 3.8) is 0 Å². The van der Waals surface area contributed by atoms with Gasteiger partial charge in [-0.3, -0.25) is 9.89 Å². The summed E-state index contributed by atoms with van der Waals surface area (Å²) in [5.41, 5.74) is 1.85. The van der Waals surface area contributed by atoms with Crippen LogP contribution >= 0.6 is 11.6 Å². The van der Waals surface area contributed by atoms with Gasteiger partial charge >= 0.3 is 0 Å². The molecule has 1 amide bonds. The third-order valence-electron chi connectivity index (χ3n) is 3.07. The first-order valence-electron chi connectivity index (χ1n) is 6.77. The molecule has 0 aliphatic rings. The summed E-state index contributed by atoms with van der Waals surface area (Å²) in [5, 5.41) is 10.2. The van der Waals surface area contributed by atoms with Crippen LogP contribution in [0.25, 0.3) is 0 Å². The molecular weight excluding hydrogens is 290 g/mol. The molecule has 2 aromatic rings. The van der Waals surface area contributed by atoms with Crippen molar-refractivity contribution < 1.29 is 9.53 Å². The largest absolute Gasteiger partial charge is 0.481 e. The second-order valence-corrected chi connectivity index (χ2v) is 5.23. The normalized spacial score (nSPS) is 12.0. The number of H-pyrrole nitrogens is 1. The molecule has 0 aliphatic carbocycles. The number of anilines is 1. The van der Waals surface area contributed by atoms with Crippen LogP contribution < -0.4 is 10.1 Å². The zero-order valence-electron chi connectivity index (χ0n) is 12.2. The number of halogens is 1. The number of nitrogens with zero attached hydrogens (tertiary/aromatic N) is 1. The van der Waals surface area contributed by atoms with Crippen LogP contribution in [0.2, 0.25) is 5.02 Å². The van der Waals surface area contributed by atoms with E-state index in [0.717, 1.165) is 17.7 Å². The molecule has 0 fully saturated rings. The van der Waals surface area contributed by atoms with E-state index in [1.165, 1.54) is 0 Å². The smallest absolute Gasteiger partial charge is 0.266 e. The van der Waals surface area contributed by atoms with E-state index in [-0.39, 0.29) is 5.91 Å². The monoisotopic (exact) mass is 307 g/mol. The van der Waals surface area contributed by atoms with Crippen LogP contribution in [0.4, 0.5) is 5.82 Å². The lowest BCUT2D eigenvalue weighted by Gasteiger charge is -2.15. The first-order chi connectivity index (χ1) is 9.99. The average Bonchev–Trinajstić information content (AvgIpc) is 2.89. The maximum absolute atomic E-state index is 12.1. The Kier molecular flexibility index (Phi) is 4.85. The number of nitrogens with one attached hydrogen (secondary N) is 2. The molecule has 6 heteroatoms. The van der Waals surface area contributed by atoms with Gasteiger partial charge in [0, 0.05) is 16.8 Å². The molecule has 0 bridgehead atoms. The lowest BCUT2D eigenvalue weighted by atomic mass is 10.2. The van der Waals surface area contributed by atoms with Gasteiger partial charge in [-0.25, -0.2) is 0 Å². The van der Waals surface area contributed by atoms with Gasteiger partial charge in [-0.15, -0.1) is 0 Å². The molecule has 1 aromatic carbocycles. The minimum atomic E-state index is -0.633. The van der Waals surface area contributed by atoms with E-state index in [4.69, 9.17) is 16.3 Å². The predicted octanol–water partition coefficient (Wildman–Crippen LogP) is 3.34. The Hall–Kier alpha value is -2.01. The van der Waals surface area contributed by atoms with Gasteiger partial charge in [0.25, 0.3) is 5.91 Å². The van der Waals surface area contributed by atoms with Gasteiger partial charge < -0.3 is 10.1 Å². The number of ether oxygens (including phenoxy) is 1. The van der Waals surface area contributed by atoms with E-state index in [0.29, 0.717) is 16.6 Å². The Morgan fingerprint density at radius 3 is 2.86 bits per heavy atom. The number of hydrogen-bond acceptors (Lipinski definition) is 3. The highest BCUT2D eigenvalue weighted by molar-refractivity contribution is 6.30. The summed E-state index contributed by atoms with van der Waals surface area (Å²) in [6, 6.07) is 7.09. The van der Waals surface area contributed by atoms with E-state index >= 15 is 0 Å². The molecule has 0 saturated heterocycles. The summed E-state index contributed by atoms with van der Waals surface area (Å²) in [6.07, 6.45) is 0.200. The van der Waals surface area contributed by atoms with Crippen LogP contribution in [-0.4, -0.2) is 22.2 Å². The average molecular weight is 308 g/mol. The fourth-order valence-corrected chi connectivity index (χ4v) is 2.05. The van der Waals surface area contributed by atoms with Crippen molar-refractivity contribution in [3.8, 4) is 5.75 Å². The van der Waals surface area contributed by atoms with Crippen molar-refractivity contribution in [2.45, 2.75) is 33.3 Å². The molecule has 112 valence electrons. The lowest BCUT2D eigenvalue weighted by Crippen LogP contribution is -2.30. The summed E-state index contributed by atoms with van der Waals surface area (Å²) < 4.78 is 5.66. The van der Waals surface area contributed by atoms with Gasteiger partial charge in [0.05, 0.1) is 0 Å². The Morgan fingerprint density at radius 1 is 1.48 bits per heavy atom. The first kappa shape index (κ1) is 15.4. The van der Waals surface area contributed by atoms with Crippen LogP contribution in [0.15, 0.2) is 24.3 Å². The Bertz CT molecular complexity index is 640. The van der Waals surface area contributed by atoms with Crippen molar-refractivity contribution in [3.05, 3.63) is 40.5 Å². The van der Waals surface area contributed by atoms with Crippen LogP contribution in [-0.2, 0) is 11.2 Å². The van der Waals surface area contributed by atoms with Gasteiger partial charge in [0.15, 0.2) is 11.9 Å². The number of carbonyl (C=O) groups excluding carboxylic acids is 1. The van der Waals surface area contributed by atoms with Crippen LogP contribution in [0.5, 0.6) is 5.75 Å². The minimum Gasteiger partial charge on any atom is -0.481 e. The molecule has 1 aromatic heterocycles. The van der Waals surface area contributed by atoms with E-state index in [1.807, 2.05) is 13.8 Å². The Labute approximate surface area is 128 Å². The highest BCUT2D eigenvalue weighted by Crippen LogP contribution is 2.23. The van der Waals surface area contributed by atoms with Gasteiger partial charge in [0.2, 0.25) is 0 Å². The molecule has 2 N–H and O–H groups in total. The number of aromatic amines is 1. The third-order valence-corrected chi connectivity index (χ3v) is 3.31. The fraction of sp³-hybridized carbons (Fsp3) is 0.333. The first-order valence-corrected chi connectivity index (χ1v) is 7.15. The van der Waals surface area contributed by atoms with Gasteiger partial charge in [0.1, 0.15) is 5.75 Å². The summed E-state index contributed by atoms with van der Waals surface area (Å²) in [7, 11) is 0. The van der Waals surface area contributed by atoms with Crippen molar-refractivity contribution in [2.75, 3.05) is 5.32 Å². The maximum Gasteiger partial charge on any atom is 0.266 e. The Morgan fingerprint density at radius 2 is 2.24 bits per heavy atom. The highest BCUT2D eigenvalue weighted by atomic mass is 35.5. The summed E-state index contributed by atoms with van der Waals surface area (Å²) >= 11 is 5.89. The molecule has 21 heavy (non-hydrogen) atoms. The molecule has 5 nitrogen and oxygen atoms in total. The zero-order chi connectivity index (χ0) is 15.4. The standard InChI is InChI=1S/C15H18ClN3O2/c1-4-12-8-14(19-18-12)17-15(20)10(3)21-13-6-5-11(16)7-9(13)2/h5-8,10H,4H2,1-3H3,(H2,17,18,19,20). The van der Waals surface area contributed by atoms with E-state index in [1.54, 1.807) is 31.2 Å². The zero-order valence-corrected chi connectivity index (χ0v) is 13.0. The number of aromatic nitrogens is 2. The quantitative estimate of drug-likeness (QED) is 0.890. The number of amides is 1. The maximum atomic E-state index is 12.1. The minimum absolute atomic E-state index is 0.251.